The molecule has 2 heterocycles. The Hall–Kier alpha value is -3.28. The Kier molecular flexibility index (Phi) is 5.74. The number of para-hydroxylation sites is 1. The molecular weight excluding hydrogens is 376 g/mol. The number of aromatic amines is 1. The molecule has 0 radical (unpaired) electrons. The van der Waals surface area contributed by atoms with Gasteiger partial charge in [-0.3, -0.25) is 9.59 Å². The van der Waals surface area contributed by atoms with E-state index < -0.39 is 0 Å². The molecule has 0 spiro atoms. The van der Waals surface area contributed by atoms with Gasteiger partial charge in [0.2, 0.25) is 11.8 Å². The van der Waals surface area contributed by atoms with Crippen LogP contribution in [0.25, 0.3) is 10.9 Å². The molecule has 0 unspecified atom stereocenters. The van der Waals surface area contributed by atoms with Crippen LogP contribution in [0.15, 0.2) is 54.7 Å². The molecule has 6 heteroatoms. The highest BCUT2D eigenvalue weighted by Crippen LogP contribution is 2.31. The topological polar surface area (TPSA) is 68.4 Å². The van der Waals surface area contributed by atoms with Crippen molar-refractivity contribution in [3.8, 4) is 0 Å². The number of rotatable bonds is 7. The number of H-pyrrole nitrogens is 1. The third-order valence-corrected chi connectivity index (χ3v) is 5.82. The van der Waals surface area contributed by atoms with Gasteiger partial charge >= 0.3 is 0 Å². The minimum atomic E-state index is -0.111. The molecule has 2 amide bonds. The lowest BCUT2D eigenvalue weighted by atomic mass is 9.90. The highest BCUT2D eigenvalue weighted by atomic mass is 16.2. The van der Waals surface area contributed by atoms with E-state index in [0.29, 0.717) is 19.5 Å². The monoisotopic (exact) mass is 404 g/mol. The molecule has 0 saturated carbocycles. The van der Waals surface area contributed by atoms with Crippen LogP contribution < -0.4 is 10.2 Å². The first-order valence-electron chi connectivity index (χ1n) is 10.4. The summed E-state index contributed by atoms with van der Waals surface area (Å²) in [4.78, 5) is 31.4. The van der Waals surface area contributed by atoms with Crippen LogP contribution in [0.5, 0.6) is 0 Å². The van der Waals surface area contributed by atoms with Crippen LogP contribution in [0.3, 0.4) is 0 Å². The van der Waals surface area contributed by atoms with Crippen molar-refractivity contribution in [1.82, 2.24) is 15.2 Å². The van der Waals surface area contributed by atoms with Gasteiger partial charge in [-0.05, 0) is 35.7 Å². The van der Waals surface area contributed by atoms with E-state index in [0.717, 1.165) is 34.1 Å². The van der Waals surface area contributed by atoms with Crippen LogP contribution in [0.2, 0.25) is 0 Å². The number of anilines is 1. The van der Waals surface area contributed by atoms with E-state index in [9.17, 15) is 9.59 Å². The van der Waals surface area contributed by atoms with Crippen molar-refractivity contribution in [3.63, 3.8) is 0 Å². The Labute approximate surface area is 176 Å². The maximum atomic E-state index is 12.5. The number of carbonyl (C=O) groups excluding carboxylic acids is 2. The molecule has 4 rings (SSSR count). The number of amides is 2. The van der Waals surface area contributed by atoms with Crippen molar-refractivity contribution in [1.29, 1.82) is 0 Å². The van der Waals surface area contributed by atoms with Crippen molar-refractivity contribution in [3.05, 3.63) is 65.9 Å². The Morgan fingerprint density at radius 2 is 1.93 bits per heavy atom. The number of likely N-dealkylation sites (tertiary alicyclic amines) is 1. The van der Waals surface area contributed by atoms with Crippen LogP contribution in [0.1, 0.15) is 29.9 Å². The van der Waals surface area contributed by atoms with Crippen molar-refractivity contribution < 1.29 is 9.59 Å². The SMILES string of the molecule is CN(C)c1ccc([C@@H](CNC(=O)CN2CCCC2=O)c2c[nH]c3ccccc23)cc1. The Balaban J connectivity index is 1.57. The molecule has 1 aliphatic rings. The van der Waals surface area contributed by atoms with Gasteiger partial charge in [-0.15, -0.1) is 0 Å². The molecule has 1 fully saturated rings. The first-order chi connectivity index (χ1) is 14.5. The van der Waals surface area contributed by atoms with Gasteiger partial charge in [-0.2, -0.15) is 0 Å². The fraction of sp³-hybridized carbons (Fsp3) is 0.333. The Morgan fingerprint density at radius 3 is 2.63 bits per heavy atom. The maximum Gasteiger partial charge on any atom is 0.239 e. The van der Waals surface area contributed by atoms with Gasteiger partial charge in [0.1, 0.15) is 0 Å². The van der Waals surface area contributed by atoms with Crippen LogP contribution in [-0.4, -0.2) is 55.4 Å². The second-order valence-corrected chi connectivity index (χ2v) is 8.05. The van der Waals surface area contributed by atoms with Gasteiger partial charge in [0.15, 0.2) is 0 Å². The third kappa shape index (κ3) is 4.17. The number of aromatic nitrogens is 1. The Morgan fingerprint density at radius 1 is 1.17 bits per heavy atom. The number of carbonyl (C=O) groups is 2. The third-order valence-electron chi connectivity index (χ3n) is 5.82. The average Bonchev–Trinajstić information content (AvgIpc) is 3.35. The second kappa shape index (κ2) is 8.61. The summed E-state index contributed by atoms with van der Waals surface area (Å²) in [5, 5.41) is 4.22. The highest BCUT2D eigenvalue weighted by Gasteiger charge is 2.24. The summed E-state index contributed by atoms with van der Waals surface area (Å²) in [6.07, 6.45) is 3.41. The van der Waals surface area contributed by atoms with Gasteiger partial charge in [0.05, 0.1) is 6.54 Å². The lowest BCUT2D eigenvalue weighted by Gasteiger charge is -2.21. The molecule has 0 aliphatic carbocycles. The molecule has 3 aromatic rings. The molecule has 156 valence electrons. The number of benzene rings is 2. The number of nitrogens with one attached hydrogen (secondary N) is 2. The van der Waals surface area contributed by atoms with Crippen LogP contribution >= 0.6 is 0 Å². The summed E-state index contributed by atoms with van der Waals surface area (Å²) in [7, 11) is 4.04. The quantitative estimate of drug-likeness (QED) is 0.636. The van der Waals surface area contributed by atoms with Crippen LogP contribution in [0, 0.1) is 0 Å². The van der Waals surface area contributed by atoms with Gasteiger partial charge in [0, 0.05) is 62.3 Å². The summed E-state index contributed by atoms with van der Waals surface area (Å²) >= 11 is 0. The summed E-state index contributed by atoms with van der Waals surface area (Å²) in [5.74, 6) is -0.0341. The van der Waals surface area contributed by atoms with Crippen molar-refractivity contribution in [2.45, 2.75) is 18.8 Å². The molecule has 2 N–H and O–H groups in total. The molecule has 1 aliphatic heterocycles. The maximum absolute atomic E-state index is 12.5. The molecule has 1 atom stereocenters. The largest absolute Gasteiger partial charge is 0.378 e. The molecular formula is C24H28N4O2. The Bertz CT molecular complexity index is 1040. The van der Waals surface area contributed by atoms with Crippen molar-refractivity contribution >= 4 is 28.4 Å². The van der Waals surface area contributed by atoms with Crippen LogP contribution in [-0.2, 0) is 9.59 Å². The summed E-state index contributed by atoms with van der Waals surface area (Å²) in [6.45, 7) is 1.28. The lowest BCUT2D eigenvalue weighted by Crippen LogP contribution is -2.39. The summed E-state index contributed by atoms with van der Waals surface area (Å²) in [5.41, 5.74) is 4.51. The first kappa shape index (κ1) is 20.0. The lowest BCUT2D eigenvalue weighted by molar-refractivity contribution is -0.133. The van der Waals surface area contributed by atoms with Gasteiger partial charge < -0.3 is 20.1 Å². The van der Waals surface area contributed by atoms with E-state index in [4.69, 9.17) is 0 Å². The molecule has 6 nitrogen and oxygen atoms in total. The van der Waals surface area contributed by atoms with E-state index >= 15 is 0 Å². The number of hydrogen-bond donors (Lipinski definition) is 2. The van der Waals surface area contributed by atoms with E-state index in [2.05, 4.69) is 51.6 Å². The molecule has 0 bridgehead atoms. The van der Waals surface area contributed by atoms with E-state index in [1.165, 1.54) is 0 Å². The van der Waals surface area contributed by atoms with E-state index in [-0.39, 0.29) is 24.3 Å². The highest BCUT2D eigenvalue weighted by molar-refractivity contribution is 5.86. The molecule has 30 heavy (non-hydrogen) atoms. The minimum Gasteiger partial charge on any atom is -0.378 e. The smallest absolute Gasteiger partial charge is 0.239 e. The number of nitrogens with zero attached hydrogens (tertiary/aromatic N) is 2. The fourth-order valence-corrected chi connectivity index (χ4v) is 4.11. The normalized spacial score (nSPS) is 14.9. The molecule has 1 saturated heterocycles. The molecule has 1 aromatic heterocycles. The van der Waals surface area contributed by atoms with Crippen molar-refractivity contribution in [2.24, 2.45) is 0 Å². The van der Waals surface area contributed by atoms with Gasteiger partial charge in [0.25, 0.3) is 0 Å². The zero-order valence-corrected chi connectivity index (χ0v) is 17.5. The number of fused-ring (bicyclic) bond motifs is 1. The summed E-state index contributed by atoms with van der Waals surface area (Å²) in [6, 6.07) is 16.6. The van der Waals surface area contributed by atoms with Crippen molar-refractivity contribution in [2.75, 3.05) is 38.6 Å². The average molecular weight is 405 g/mol. The second-order valence-electron chi connectivity index (χ2n) is 8.05. The van der Waals surface area contributed by atoms with E-state index in [1.807, 2.05) is 32.4 Å². The van der Waals surface area contributed by atoms with Crippen LogP contribution in [0.4, 0.5) is 5.69 Å². The molecule has 2 aromatic carbocycles. The fourth-order valence-electron chi connectivity index (χ4n) is 4.11. The van der Waals surface area contributed by atoms with E-state index in [1.54, 1.807) is 4.90 Å². The van der Waals surface area contributed by atoms with Gasteiger partial charge in [-0.1, -0.05) is 30.3 Å². The zero-order chi connectivity index (χ0) is 21.1. The standard InChI is InChI=1S/C24H28N4O2/c1-27(2)18-11-9-17(10-12-18)20(21-15-25-22-7-4-3-6-19(21)22)14-26-23(29)16-28-13-5-8-24(28)30/h3-4,6-7,9-12,15,20,25H,5,8,13-14,16H2,1-2H3,(H,26,29)/t20-/m1/s1. The van der Waals surface area contributed by atoms with Gasteiger partial charge in [-0.25, -0.2) is 0 Å². The zero-order valence-electron chi connectivity index (χ0n) is 17.5. The first-order valence-corrected chi connectivity index (χ1v) is 10.4. The predicted molar refractivity (Wildman–Crippen MR) is 120 cm³/mol. The predicted octanol–water partition coefficient (Wildman–Crippen LogP) is 3.10. The summed E-state index contributed by atoms with van der Waals surface area (Å²) < 4.78 is 0. The number of hydrogen-bond acceptors (Lipinski definition) is 3. The minimum absolute atomic E-state index is 0.00981.